The highest BCUT2D eigenvalue weighted by atomic mass is 15.2. The lowest BCUT2D eigenvalue weighted by atomic mass is 10.1. The first-order valence-electron chi connectivity index (χ1n) is 8.53. The van der Waals surface area contributed by atoms with Gasteiger partial charge in [-0.25, -0.2) is 0 Å². The maximum absolute atomic E-state index is 5.55. The minimum absolute atomic E-state index is 0.856. The summed E-state index contributed by atoms with van der Waals surface area (Å²) in [4.78, 5) is 5.40. The lowest BCUT2D eigenvalue weighted by molar-refractivity contribution is 0.227. The molecule has 2 rings (SSSR count). The lowest BCUT2D eigenvalue weighted by Gasteiger charge is -2.24. The molecule has 2 fully saturated rings. The van der Waals surface area contributed by atoms with Gasteiger partial charge in [0.05, 0.1) is 0 Å². The maximum atomic E-state index is 5.55. The summed E-state index contributed by atoms with van der Waals surface area (Å²) < 4.78 is 0. The van der Waals surface area contributed by atoms with Crippen LogP contribution in [0.2, 0.25) is 0 Å². The topological polar surface area (TPSA) is 32.5 Å². The normalized spacial score (nSPS) is 23.8. The molecule has 0 aromatic heterocycles. The second-order valence-corrected chi connectivity index (χ2v) is 6.50. The lowest BCUT2D eigenvalue weighted by Crippen LogP contribution is -2.33. The second kappa shape index (κ2) is 8.93. The van der Waals surface area contributed by atoms with Gasteiger partial charge < -0.3 is 15.5 Å². The average Bonchev–Trinajstić information content (AvgIpc) is 2.82. The van der Waals surface area contributed by atoms with Crippen molar-refractivity contribution in [2.45, 2.75) is 51.4 Å². The molecule has 112 valence electrons. The number of hydrogen-bond acceptors (Lipinski definition) is 3. The van der Waals surface area contributed by atoms with Crippen LogP contribution in [0.4, 0.5) is 0 Å². The quantitative estimate of drug-likeness (QED) is 0.719. The molecule has 0 unspecified atom stereocenters. The van der Waals surface area contributed by atoms with Gasteiger partial charge in [-0.05, 0) is 64.2 Å². The zero-order valence-electron chi connectivity index (χ0n) is 12.7. The Hall–Kier alpha value is -0.120. The minimum atomic E-state index is 0.856. The SMILES string of the molecule is NCCCCCN1CCCN(CC2CCCC2)CC1. The van der Waals surface area contributed by atoms with E-state index in [4.69, 9.17) is 5.73 Å². The number of rotatable bonds is 7. The van der Waals surface area contributed by atoms with Gasteiger partial charge in [0.25, 0.3) is 0 Å². The Labute approximate surface area is 119 Å². The van der Waals surface area contributed by atoms with Crippen molar-refractivity contribution in [1.29, 1.82) is 0 Å². The van der Waals surface area contributed by atoms with Gasteiger partial charge in [0.2, 0.25) is 0 Å². The van der Waals surface area contributed by atoms with E-state index in [0.717, 1.165) is 12.5 Å². The Morgan fingerprint density at radius 1 is 0.789 bits per heavy atom. The molecule has 0 amide bonds. The molecule has 0 aromatic rings. The summed E-state index contributed by atoms with van der Waals surface area (Å²) in [6, 6.07) is 0. The van der Waals surface area contributed by atoms with Gasteiger partial charge in [-0.1, -0.05) is 19.3 Å². The van der Waals surface area contributed by atoms with E-state index in [1.54, 1.807) is 0 Å². The van der Waals surface area contributed by atoms with Crippen molar-refractivity contribution >= 4 is 0 Å². The Morgan fingerprint density at radius 2 is 1.53 bits per heavy atom. The zero-order valence-corrected chi connectivity index (χ0v) is 12.7. The molecule has 1 aliphatic heterocycles. The predicted octanol–water partition coefficient (Wildman–Crippen LogP) is 2.31. The van der Waals surface area contributed by atoms with Crippen LogP contribution in [0.25, 0.3) is 0 Å². The second-order valence-electron chi connectivity index (χ2n) is 6.50. The van der Waals surface area contributed by atoms with Crippen molar-refractivity contribution < 1.29 is 0 Å². The van der Waals surface area contributed by atoms with E-state index >= 15 is 0 Å². The molecule has 1 aliphatic carbocycles. The fourth-order valence-corrected chi connectivity index (χ4v) is 3.65. The van der Waals surface area contributed by atoms with Crippen molar-refractivity contribution in [2.75, 3.05) is 45.8 Å². The van der Waals surface area contributed by atoms with Gasteiger partial charge in [0.1, 0.15) is 0 Å². The van der Waals surface area contributed by atoms with Crippen molar-refractivity contribution in [2.24, 2.45) is 11.7 Å². The first kappa shape index (κ1) is 15.3. The Bertz CT molecular complexity index is 226. The van der Waals surface area contributed by atoms with Crippen LogP contribution in [0.5, 0.6) is 0 Å². The van der Waals surface area contributed by atoms with Gasteiger partial charge in [0.15, 0.2) is 0 Å². The highest BCUT2D eigenvalue weighted by molar-refractivity contribution is 4.75. The molecule has 1 saturated heterocycles. The summed E-state index contributed by atoms with van der Waals surface area (Å²) in [5.41, 5.74) is 5.55. The van der Waals surface area contributed by atoms with Gasteiger partial charge in [-0.15, -0.1) is 0 Å². The van der Waals surface area contributed by atoms with E-state index < -0.39 is 0 Å². The number of nitrogens with zero attached hydrogens (tertiary/aromatic N) is 2. The van der Waals surface area contributed by atoms with Gasteiger partial charge in [-0.2, -0.15) is 0 Å². The Morgan fingerprint density at radius 3 is 2.32 bits per heavy atom. The predicted molar refractivity (Wildman–Crippen MR) is 82.4 cm³/mol. The van der Waals surface area contributed by atoms with E-state index in [1.807, 2.05) is 0 Å². The summed E-state index contributed by atoms with van der Waals surface area (Å²) in [6.07, 6.45) is 11.1. The van der Waals surface area contributed by atoms with E-state index in [1.165, 1.54) is 90.6 Å². The third kappa shape index (κ3) is 5.80. The van der Waals surface area contributed by atoms with Crippen LogP contribution >= 0.6 is 0 Å². The average molecular weight is 267 g/mol. The molecule has 0 atom stereocenters. The Balaban J connectivity index is 1.60. The number of nitrogens with two attached hydrogens (primary N) is 1. The zero-order chi connectivity index (χ0) is 13.3. The molecular formula is C16H33N3. The Kier molecular flexibility index (Phi) is 7.18. The minimum Gasteiger partial charge on any atom is -0.330 e. The first-order valence-corrected chi connectivity index (χ1v) is 8.53. The van der Waals surface area contributed by atoms with E-state index in [-0.39, 0.29) is 0 Å². The molecule has 19 heavy (non-hydrogen) atoms. The molecule has 0 aromatic carbocycles. The van der Waals surface area contributed by atoms with Crippen LogP contribution in [0, 0.1) is 5.92 Å². The van der Waals surface area contributed by atoms with Gasteiger partial charge in [0, 0.05) is 19.6 Å². The van der Waals surface area contributed by atoms with Crippen LogP contribution < -0.4 is 5.73 Å². The summed E-state index contributed by atoms with van der Waals surface area (Å²) in [5.74, 6) is 1.01. The standard InChI is InChI=1S/C16H33N3/c17-9-4-1-5-10-18-11-6-12-19(14-13-18)15-16-7-2-3-8-16/h16H,1-15,17H2. The highest BCUT2D eigenvalue weighted by Crippen LogP contribution is 2.25. The van der Waals surface area contributed by atoms with Crippen LogP contribution in [-0.4, -0.2) is 55.6 Å². The van der Waals surface area contributed by atoms with Crippen molar-refractivity contribution in [1.82, 2.24) is 9.80 Å². The van der Waals surface area contributed by atoms with E-state index in [2.05, 4.69) is 9.80 Å². The third-order valence-corrected chi connectivity index (χ3v) is 4.85. The maximum Gasteiger partial charge on any atom is 0.0109 e. The molecule has 2 aliphatic rings. The van der Waals surface area contributed by atoms with Crippen molar-refractivity contribution in [3.05, 3.63) is 0 Å². The summed E-state index contributed by atoms with van der Waals surface area (Å²) >= 11 is 0. The highest BCUT2D eigenvalue weighted by Gasteiger charge is 2.20. The number of hydrogen-bond donors (Lipinski definition) is 1. The fourth-order valence-electron chi connectivity index (χ4n) is 3.65. The summed E-state index contributed by atoms with van der Waals surface area (Å²) in [6.45, 7) is 8.75. The van der Waals surface area contributed by atoms with Crippen LogP contribution in [0.3, 0.4) is 0 Å². The molecule has 3 heteroatoms. The van der Waals surface area contributed by atoms with E-state index in [9.17, 15) is 0 Å². The molecule has 0 bridgehead atoms. The molecule has 0 radical (unpaired) electrons. The van der Waals surface area contributed by atoms with Crippen LogP contribution in [-0.2, 0) is 0 Å². The molecule has 3 nitrogen and oxygen atoms in total. The largest absolute Gasteiger partial charge is 0.330 e. The summed E-state index contributed by atoms with van der Waals surface area (Å²) in [5, 5.41) is 0. The van der Waals surface area contributed by atoms with Crippen LogP contribution in [0.1, 0.15) is 51.4 Å². The summed E-state index contributed by atoms with van der Waals surface area (Å²) in [7, 11) is 0. The molecular weight excluding hydrogens is 234 g/mol. The van der Waals surface area contributed by atoms with Crippen molar-refractivity contribution in [3.63, 3.8) is 0 Å². The monoisotopic (exact) mass is 267 g/mol. The van der Waals surface area contributed by atoms with Gasteiger partial charge >= 0.3 is 0 Å². The smallest absolute Gasteiger partial charge is 0.0109 e. The first-order chi connectivity index (χ1) is 9.38. The molecule has 2 N–H and O–H groups in total. The number of unbranched alkanes of at least 4 members (excludes halogenated alkanes) is 2. The fraction of sp³-hybridized carbons (Fsp3) is 1.00. The third-order valence-electron chi connectivity index (χ3n) is 4.85. The molecule has 1 saturated carbocycles. The molecule has 0 spiro atoms. The van der Waals surface area contributed by atoms with Gasteiger partial charge in [-0.3, -0.25) is 0 Å². The van der Waals surface area contributed by atoms with Crippen molar-refractivity contribution in [3.8, 4) is 0 Å². The molecule has 1 heterocycles. The van der Waals surface area contributed by atoms with Crippen LogP contribution in [0.15, 0.2) is 0 Å². The van der Waals surface area contributed by atoms with E-state index in [0.29, 0.717) is 0 Å².